The van der Waals surface area contributed by atoms with Crippen molar-refractivity contribution in [2.45, 2.75) is 23.7 Å². The Balaban J connectivity index is 1.68. The second-order valence-electron chi connectivity index (χ2n) is 7.12. The quantitative estimate of drug-likeness (QED) is 0.707. The molecule has 2 atom stereocenters. The van der Waals surface area contributed by atoms with E-state index >= 15 is 0 Å². The summed E-state index contributed by atoms with van der Waals surface area (Å²) in [7, 11) is -0.285. The van der Waals surface area contributed by atoms with Gasteiger partial charge in [0.25, 0.3) is 0 Å². The molecular formula is C20H23F3N2O4S. The van der Waals surface area contributed by atoms with Crippen molar-refractivity contribution in [1.29, 1.82) is 0 Å². The molecule has 6 nitrogen and oxygen atoms in total. The van der Waals surface area contributed by atoms with Crippen LogP contribution in [0.1, 0.15) is 18.0 Å². The minimum absolute atomic E-state index is 0.0427. The second-order valence-corrected chi connectivity index (χ2v) is 8.89. The van der Waals surface area contributed by atoms with E-state index < -0.39 is 22.1 Å². The minimum atomic E-state index is -4.83. The molecule has 0 saturated carbocycles. The lowest BCUT2D eigenvalue weighted by Crippen LogP contribution is -2.32. The van der Waals surface area contributed by atoms with Gasteiger partial charge < -0.3 is 9.47 Å². The molecule has 3 rings (SSSR count). The van der Waals surface area contributed by atoms with Gasteiger partial charge in [0, 0.05) is 12.6 Å². The molecule has 30 heavy (non-hydrogen) atoms. The average Bonchev–Trinajstić information content (AvgIpc) is 3.06. The Morgan fingerprint density at radius 2 is 1.67 bits per heavy atom. The number of halogens is 3. The van der Waals surface area contributed by atoms with Gasteiger partial charge in [-0.2, -0.15) is 0 Å². The second kappa shape index (κ2) is 8.83. The predicted octanol–water partition coefficient (Wildman–Crippen LogP) is 3.57. The van der Waals surface area contributed by atoms with Crippen molar-refractivity contribution in [2.24, 2.45) is 5.92 Å². The Bertz CT molecular complexity index is 948. The molecule has 1 heterocycles. The molecular weight excluding hydrogens is 421 g/mol. The summed E-state index contributed by atoms with van der Waals surface area (Å²) in [5.41, 5.74) is 1.06. The molecule has 1 aliphatic rings. The topological polar surface area (TPSA) is 67.9 Å². The molecule has 1 N–H and O–H groups in total. The molecule has 164 valence electrons. The maximum absolute atomic E-state index is 12.6. The van der Waals surface area contributed by atoms with Gasteiger partial charge in [-0.3, -0.25) is 4.90 Å². The molecule has 10 heteroatoms. The highest BCUT2D eigenvalue weighted by Gasteiger charge is 2.34. The third-order valence-electron chi connectivity index (χ3n) is 5.13. The van der Waals surface area contributed by atoms with Gasteiger partial charge in [0.1, 0.15) is 11.5 Å². The van der Waals surface area contributed by atoms with Gasteiger partial charge in [0.2, 0.25) is 10.0 Å². The maximum Gasteiger partial charge on any atom is 0.573 e. The fraction of sp³-hybridized carbons (Fsp3) is 0.400. The van der Waals surface area contributed by atoms with Crippen LogP contribution in [0.25, 0.3) is 0 Å². The molecule has 0 radical (unpaired) electrons. The van der Waals surface area contributed by atoms with Crippen molar-refractivity contribution >= 4 is 10.0 Å². The summed E-state index contributed by atoms with van der Waals surface area (Å²) in [6.45, 7) is 1.04. The highest BCUT2D eigenvalue weighted by molar-refractivity contribution is 7.89. The average molecular weight is 444 g/mol. The molecule has 2 aromatic rings. The Hall–Kier alpha value is -2.30. The van der Waals surface area contributed by atoms with Gasteiger partial charge in [-0.15, -0.1) is 13.2 Å². The molecule has 2 aromatic carbocycles. The first-order chi connectivity index (χ1) is 14.1. The van der Waals surface area contributed by atoms with E-state index in [2.05, 4.69) is 14.4 Å². The Labute approximate surface area is 173 Å². The molecule has 0 bridgehead atoms. The SMILES string of the molecule is COc1ccc([C@@H]2[C@@H](CNS(=O)(=O)c3ccc(OC(F)(F)F)cc3)CCN2C)cc1. The van der Waals surface area contributed by atoms with E-state index in [1.54, 1.807) is 7.11 Å². The summed E-state index contributed by atoms with van der Waals surface area (Å²) in [6.07, 6.45) is -4.02. The third-order valence-corrected chi connectivity index (χ3v) is 6.57. The Kier molecular flexibility index (Phi) is 6.59. The standard InChI is InChI=1S/C20H23F3N2O4S/c1-25-12-11-15(19(25)14-3-5-16(28-2)6-4-14)13-24-30(26,27)18-9-7-17(8-10-18)29-20(21,22)23/h3-10,15,19,24H,11-13H2,1-2H3/t15-,19-/m1/s1. The molecule has 0 aromatic heterocycles. The minimum Gasteiger partial charge on any atom is -0.497 e. The van der Waals surface area contributed by atoms with Crippen molar-refractivity contribution in [2.75, 3.05) is 27.2 Å². The summed E-state index contributed by atoms with van der Waals surface area (Å²) in [5.74, 6) is 0.319. The fourth-order valence-corrected chi connectivity index (χ4v) is 4.78. The van der Waals surface area contributed by atoms with Crippen LogP contribution in [-0.2, 0) is 10.0 Å². The predicted molar refractivity (Wildman–Crippen MR) is 105 cm³/mol. The van der Waals surface area contributed by atoms with Gasteiger partial charge in [-0.05, 0) is 67.9 Å². The monoisotopic (exact) mass is 444 g/mol. The summed E-state index contributed by atoms with van der Waals surface area (Å²) < 4.78 is 73.5. The van der Waals surface area contributed by atoms with Crippen molar-refractivity contribution in [3.05, 3.63) is 54.1 Å². The van der Waals surface area contributed by atoms with Crippen LogP contribution in [-0.4, -0.2) is 46.9 Å². The van der Waals surface area contributed by atoms with Crippen LogP contribution < -0.4 is 14.2 Å². The van der Waals surface area contributed by atoms with Crippen LogP contribution in [0.15, 0.2) is 53.4 Å². The summed E-state index contributed by atoms with van der Waals surface area (Å²) in [4.78, 5) is 2.05. The van der Waals surface area contributed by atoms with Gasteiger partial charge in [-0.1, -0.05) is 12.1 Å². The zero-order valence-corrected chi connectivity index (χ0v) is 17.3. The largest absolute Gasteiger partial charge is 0.573 e. The molecule has 0 spiro atoms. The van der Waals surface area contributed by atoms with E-state index in [4.69, 9.17) is 4.74 Å². The third kappa shape index (κ3) is 5.44. The van der Waals surface area contributed by atoms with Gasteiger partial charge in [0.15, 0.2) is 0 Å². The Morgan fingerprint density at radius 3 is 2.23 bits per heavy atom. The van der Waals surface area contributed by atoms with Crippen LogP contribution in [0.3, 0.4) is 0 Å². The lowest BCUT2D eigenvalue weighted by molar-refractivity contribution is -0.274. The van der Waals surface area contributed by atoms with Gasteiger partial charge >= 0.3 is 6.36 Å². The van der Waals surface area contributed by atoms with E-state index in [0.717, 1.165) is 48.5 Å². The number of hydrogen-bond donors (Lipinski definition) is 1. The highest BCUT2D eigenvalue weighted by Crippen LogP contribution is 2.36. The Morgan fingerprint density at radius 1 is 1.07 bits per heavy atom. The summed E-state index contributed by atoms with van der Waals surface area (Å²) in [5, 5.41) is 0. The van der Waals surface area contributed by atoms with Gasteiger partial charge in [0.05, 0.1) is 12.0 Å². The lowest BCUT2D eigenvalue weighted by atomic mass is 9.94. The van der Waals surface area contributed by atoms with E-state index in [9.17, 15) is 21.6 Å². The number of benzene rings is 2. The van der Waals surface area contributed by atoms with Gasteiger partial charge in [-0.25, -0.2) is 13.1 Å². The number of methoxy groups -OCH3 is 1. The fourth-order valence-electron chi connectivity index (χ4n) is 3.69. The smallest absolute Gasteiger partial charge is 0.497 e. The molecule has 0 amide bonds. The van der Waals surface area contributed by atoms with Crippen LogP contribution in [0.4, 0.5) is 13.2 Å². The molecule has 1 fully saturated rings. The summed E-state index contributed by atoms with van der Waals surface area (Å²) >= 11 is 0. The highest BCUT2D eigenvalue weighted by atomic mass is 32.2. The van der Waals surface area contributed by atoms with Crippen molar-refractivity contribution in [3.8, 4) is 11.5 Å². The first kappa shape index (κ1) is 22.4. The number of nitrogens with one attached hydrogen (secondary N) is 1. The lowest BCUT2D eigenvalue weighted by Gasteiger charge is -2.26. The first-order valence-electron chi connectivity index (χ1n) is 9.29. The molecule has 0 aliphatic carbocycles. The number of hydrogen-bond acceptors (Lipinski definition) is 5. The normalized spacial score (nSPS) is 20.3. The maximum atomic E-state index is 12.6. The van der Waals surface area contributed by atoms with E-state index in [1.165, 1.54) is 0 Å². The zero-order chi connectivity index (χ0) is 21.9. The van der Waals surface area contributed by atoms with Crippen molar-refractivity contribution in [3.63, 3.8) is 0 Å². The van der Waals surface area contributed by atoms with E-state index in [0.29, 0.717) is 0 Å². The van der Waals surface area contributed by atoms with Crippen LogP contribution in [0.2, 0.25) is 0 Å². The van der Waals surface area contributed by atoms with Crippen molar-refractivity contribution < 1.29 is 31.1 Å². The summed E-state index contributed by atoms with van der Waals surface area (Å²) in [6, 6.07) is 11.8. The van der Waals surface area contributed by atoms with Crippen LogP contribution in [0, 0.1) is 5.92 Å². The number of ether oxygens (including phenoxy) is 2. The number of nitrogens with zero attached hydrogens (tertiary/aromatic N) is 1. The molecule has 0 unspecified atom stereocenters. The first-order valence-corrected chi connectivity index (χ1v) is 10.8. The number of rotatable bonds is 7. The van der Waals surface area contributed by atoms with Crippen LogP contribution >= 0.6 is 0 Å². The molecule has 1 aliphatic heterocycles. The number of sulfonamides is 1. The molecule has 1 saturated heterocycles. The van der Waals surface area contributed by atoms with Crippen molar-refractivity contribution in [1.82, 2.24) is 9.62 Å². The number of alkyl halides is 3. The van der Waals surface area contributed by atoms with Crippen LogP contribution in [0.5, 0.6) is 11.5 Å². The van der Waals surface area contributed by atoms with E-state index in [-0.39, 0.29) is 23.4 Å². The number of likely N-dealkylation sites (tertiary alicyclic amines) is 1. The zero-order valence-electron chi connectivity index (χ0n) is 16.5. The van der Waals surface area contributed by atoms with E-state index in [1.807, 2.05) is 31.3 Å².